The highest BCUT2D eigenvalue weighted by molar-refractivity contribution is 7.20. The molecule has 0 N–H and O–H groups in total. The average Bonchev–Trinajstić information content (AvgIpc) is 2.99. The molecule has 0 amide bonds. The first-order chi connectivity index (χ1) is 9.63. The van der Waals surface area contributed by atoms with Crippen LogP contribution in [0.1, 0.15) is 5.69 Å². The number of hydrogen-bond acceptors (Lipinski definition) is 4. The van der Waals surface area contributed by atoms with Gasteiger partial charge in [0.05, 0.1) is 22.2 Å². The summed E-state index contributed by atoms with van der Waals surface area (Å²) in [5, 5.41) is 5.32. The number of benzene rings is 1. The lowest BCUT2D eigenvalue weighted by Crippen LogP contribution is -2.07. The SMILES string of the molecule is Cc1cc(/N=C/N(C)C)n(-c2nc3ccccc3s2)n1. The number of hydrogen-bond donors (Lipinski definition) is 0. The molecule has 0 aliphatic heterocycles. The van der Waals surface area contributed by atoms with Crippen molar-refractivity contribution >= 4 is 33.7 Å². The molecule has 0 aliphatic rings. The predicted octanol–water partition coefficient (Wildman–Crippen LogP) is 3.01. The minimum Gasteiger partial charge on any atom is -0.369 e. The van der Waals surface area contributed by atoms with E-state index >= 15 is 0 Å². The van der Waals surface area contributed by atoms with Gasteiger partial charge in [-0.3, -0.25) is 0 Å². The van der Waals surface area contributed by atoms with Gasteiger partial charge in [0.1, 0.15) is 0 Å². The van der Waals surface area contributed by atoms with Crippen molar-refractivity contribution in [2.45, 2.75) is 6.92 Å². The lowest BCUT2D eigenvalue weighted by molar-refractivity contribution is 0.642. The topological polar surface area (TPSA) is 46.3 Å². The first kappa shape index (κ1) is 12.8. The number of nitrogens with zero attached hydrogens (tertiary/aromatic N) is 5. The zero-order valence-corrected chi connectivity index (χ0v) is 12.4. The summed E-state index contributed by atoms with van der Waals surface area (Å²) in [7, 11) is 3.88. The summed E-state index contributed by atoms with van der Waals surface area (Å²) in [4.78, 5) is 11.0. The van der Waals surface area contributed by atoms with Crippen LogP contribution in [0.25, 0.3) is 15.3 Å². The molecule has 0 saturated heterocycles. The smallest absolute Gasteiger partial charge is 0.213 e. The van der Waals surface area contributed by atoms with Crippen LogP contribution >= 0.6 is 11.3 Å². The van der Waals surface area contributed by atoms with Crippen LogP contribution in [-0.4, -0.2) is 40.1 Å². The molecule has 0 radical (unpaired) electrons. The van der Waals surface area contributed by atoms with Gasteiger partial charge in [-0.25, -0.2) is 9.98 Å². The number of para-hydroxylation sites is 1. The lowest BCUT2D eigenvalue weighted by Gasteiger charge is -2.02. The van der Waals surface area contributed by atoms with Gasteiger partial charge in [0.15, 0.2) is 5.82 Å². The average molecular weight is 285 g/mol. The van der Waals surface area contributed by atoms with E-state index in [0.717, 1.165) is 26.9 Å². The third kappa shape index (κ3) is 2.42. The first-order valence-electron chi connectivity index (χ1n) is 6.27. The van der Waals surface area contributed by atoms with Crippen LogP contribution in [0, 0.1) is 6.92 Å². The summed E-state index contributed by atoms with van der Waals surface area (Å²) in [6, 6.07) is 10.0. The second-order valence-electron chi connectivity index (χ2n) is 4.73. The molecule has 3 aromatic rings. The minimum atomic E-state index is 0.787. The van der Waals surface area contributed by atoms with Crippen LogP contribution in [-0.2, 0) is 0 Å². The molecule has 0 fully saturated rings. The molecule has 0 atom stereocenters. The van der Waals surface area contributed by atoms with E-state index in [1.54, 1.807) is 22.4 Å². The maximum atomic E-state index is 4.62. The third-order valence-corrected chi connectivity index (χ3v) is 3.71. The van der Waals surface area contributed by atoms with E-state index in [1.165, 1.54) is 0 Å². The Bertz CT molecular complexity index is 736. The molecule has 0 unspecified atom stereocenters. The van der Waals surface area contributed by atoms with Crippen molar-refractivity contribution in [2.24, 2.45) is 4.99 Å². The summed E-state index contributed by atoms with van der Waals surface area (Å²) in [6.07, 6.45) is 1.76. The Labute approximate surface area is 121 Å². The molecule has 20 heavy (non-hydrogen) atoms. The zero-order valence-electron chi connectivity index (χ0n) is 11.6. The standard InChI is InChI=1S/C14H15N5S/c1-10-8-13(15-9-18(2)3)19(17-10)14-16-11-6-4-5-7-12(11)20-14/h4-9H,1-3H3/b15-9+. The highest BCUT2D eigenvalue weighted by Crippen LogP contribution is 2.27. The van der Waals surface area contributed by atoms with Gasteiger partial charge in [0, 0.05) is 20.2 Å². The van der Waals surface area contributed by atoms with Crippen LogP contribution in [0.4, 0.5) is 5.82 Å². The summed E-state index contributed by atoms with van der Waals surface area (Å²) in [6.45, 7) is 1.96. The summed E-state index contributed by atoms with van der Waals surface area (Å²) in [5.41, 5.74) is 1.92. The molecule has 0 saturated carbocycles. The summed E-state index contributed by atoms with van der Waals surface area (Å²) >= 11 is 1.61. The van der Waals surface area contributed by atoms with Crippen LogP contribution in [0.5, 0.6) is 0 Å². The van der Waals surface area contributed by atoms with Crippen molar-refractivity contribution in [3.8, 4) is 5.13 Å². The van der Waals surface area contributed by atoms with Crippen molar-refractivity contribution < 1.29 is 0 Å². The largest absolute Gasteiger partial charge is 0.369 e. The Hall–Kier alpha value is -2.21. The van der Waals surface area contributed by atoms with Gasteiger partial charge >= 0.3 is 0 Å². The van der Waals surface area contributed by atoms with Gasteiger partial charge in [-0.2, -0.15) is 9.78 Å². The van der Waals surface area contributed by atoms with Crippen LogP contribution in [0.3, 0.4) is 0 Å². The summed E-state index contributed by atoms with van der Waals surface area (Å²) < 4.78 is 2.94. The maximum Gasteiger partial charge on any atom is 0.213 e. The molecular weight excluding hydrogens is 270 g/mol. The monoisotopic (exact) mass is 285 g/mol. The van der Waals surface area contributed by atoms with Gasteiger partial charge in [-0.15, -0.1) is 0 Å². The van der Waals surface area contributed by atoms with Crippen molar-refractivity contribution in [3.05, 3.63) is 36.0 Å². The third-order valence-electron chi connectivity index (χ3n) is 2.70. The first-order valence-corrected chi connectivity index (χ1v) is 7.08. The van der Waals surface area contributed by atoms with Gasteiger partial charge in [0.25, 0.3) is 0 Å². The molecule has 0 bridgehead atoms. The predicted molar refractivity (Wildman–Crippen MR) is 83.3 cm³/mol. The quantitative estimate of drug-likeness (QED) is 0.549. The molecule has 6 heteroatoms. The zero-order chi connectivity index (χ0) is 14.1. The molecule has 102 valence electrons. The lowest BCUT2D eigenvalue weighted by atomic mass is 10.3. The van der Waals surface area contributed by atoms with Gasteiger partial charge < -0.3 is 4.90 Å². The van der Waals surface area contributed by atoms with E-state index in [9.17, 15) is 0 Å². The molecule has 0 aliphatic carbocycles. The minimum absolute atomic E-state index is 0.787. The number of aryl methyl sites for hydroxylation is 1. The van der Waals surface area contributed by atoms with Crippen molar-refractivity contribution in [3.63, 3.8) is 0 Å². The molecule has 2 aromatic heterocycles. The van der Waals surface area contributed by atoms with Crippen LogP contribution in [0.2, 0.25) is 0 Å². The van der Waals surface area contributed by atoms with E-state index in [4.69, 9.17) is 0 Å². The Morgan fingerprint density at radius 1 is 1.30 bits per heavy atom. The van der Waals surface area contributed by atoms with E-state index < -0.39 is 0 Å². The van der Waals surface area contributed by atoms with Crippen LogP contribution < -0.4 is 0 Å². The molecule has 5 nitrogen and oxygen atoms in total. The number of fused-ring (bicyclic) bond motifs is 1. The fraction of sp³-hybridized carbons (Fsp3) is 0.214. The van der Waals surface area contributed by atoms with E-state index in [1.807, 2.05) is 50.2 Å². The Kier molecular flexibility index (Phi) is 3.23. The van der Waals surface area contributed by atoms with Gasteiger partial charge in [0.2, 0.25) is 5.13 Å². The molecule has 1 aromatic carbocycles. The Balaban J connectivity index is 2.09. The van der Waals surface area contributed by atoms with E-state index in [0.29, 0.717) is 0 Å². The van der Waals surface area contributed by atoms with Crippen molar-refractivity contribution in [1.29, 1.82) is 0 Å². The second kappa shape index (κ2) is 5.05. The Morgan fingerprint density at radius 2 is 2.10 bits per heavy atom. The van der Waals surface area contributed by atoms with E-state index in [2.05, 4.69) is 21.1 Å². The van der Waals surface area contributed by atoms with Crippen LogP contribution in [0.15, 0.2) is 35.3 Å². The normalized spacial score (nSPS) is 11.6. The van der Waals surface area contributed by atoms with Crippen molar-refractivity contribution in [1.82, 2.24) is 19.7 Å². The second-order valence-corrected chi connectivity index (χ2v) is 5.74. The highest BCUT2D eigenvalue weighted by atomic mass is 32.1. The number of thiazole rings is 1. The Morgan fingerprint density at radius 3 is 2.85 bits per heavy atom. The molecular formula is C14H15N5S. The fourth-order valence-corrected chi connectivity index (χ4v) is 2.77. The molecule has 0 spiro atoms. The summed E-state index contributed by atoms with van der Waals surface area (Å²) in [5.74, 6) is 0.787. The maximum absolute atomic E-state index is 4.62. The molecule has 3 rings (SSSR count). The fourth-order valence-electron chi connectivity index (χ4n) is 1.84. The van der Waals surface area contributed by atoms with Gasteiger partial charge in [-0.1, -0.05) is 23.5 Å². The number of aromatic nitrogens is 3. The van der Waals surface area contributed by atoms with Crippen molar-refractivity contribution in [2.75, 3.05) is 14.1 Å². The number of rotatable bonds is 3. The number of aliphatic imine (C=N–C) groups is 1. The highest BCUT2D eigenvalue weighted by Gasteiger charge is 2.11. The van der Waals surface area contributed by atoms with Gasteiger partial charge in [-0.05, 0) is 19.1 Å². The molecule has 2 heterocycles. The van der Waals surface area contributed by atoms with E-state index in [-0.39, 0.29) is 0 Å².